The van der Waals surface area contributed by atoms with Crippen molar-refractivity contribution in [1.82, 2.24) is 18.4 Å². The summed E-state index contributed by atoms with van der Waals surface area (Å²) in [5, 5.41) is 3.99. The molecule has 0 unspecified atom stereocenters. The molecule has 1 aliphatic heterocycles. The van der Waals surface area contributed by atoms with E-state index in [1.54, 1.807) is 33.0 Å². The number of aryl methyl sites for hydroxylation is 3. The van der Waals surface area contributed by atoms with E-state index in [0.29, 0.717) is 11.3 Å². The van der Waals surface area contributed by atoms with E-state index >= 15 is 0 Å². The summed E-state index contributed by atoms with van der Waals surface area (Å²) in [4.78, 5) is 0.442. The molecule has 1 aromatic heterocycles. The fourth-order valence-corrected chi connectivity index (χ4v) is 6.49. The molecule has 8 nitrogen and oxygen atoms in total. The molecule has 0 saturated carbocycles. The van der Waals surface area contributed by atoms with Crippen LogP contribution in [0.3, 0.4) is 0 Å². The van der Waals surface area contributed by atoms with Crippen LogP contribution < -0.4 is 0 Å². The molecule has 2 heterocycles. The van der Waals surface area contributed by atoms with Crippen molar-refractivity contribution in [2.24, 2.45) is 7.05 Å². The zero-order chi connectivity index (χ0) is 20.0. The van der Waals surface area contributed by atoms with Crippen LogP contribution in [0.5, 0.6) is 0 Å². The Bertz CT molecular complexity index is 1070. The lowest BCUT2D eigenvalue weighted by Gasteiger charge is -2.33. The maximum absolute atomic E-state index is 13.0. The van der Waals surface area contributed by atoms with E-state index in [1.807, 2.05) is 13.0 Å². The first-order chi connectivity index (χ1) is 12.5. The second-order valence-corrected chi connectivity index (χ2v) is 10.6. The van der Waals surface area contributed by atoms with Crippen molar-refractivity contribution < 1.29 is 16.8 Å². The minimum Gasteiger partial charge on any atom is -0.272 e. The van der Waals surface area contributed by atoms with Gasteiger partial charge in [0.05, 0.1) is 16.8 Å². The first-order valence-corrected chi connectivity index (χ1v) is 11.5. The third-order valence-electron chi connectivity index (χ3n) is 4.97. The normalized spacial score (nSPS) is 17.3. The van der Waals surface area contributed by atoms with Gasteiger partial charge in [0.25, 0.3) is 0 Å². The molecule has 0 N–H and O–H groups in total. The highest BCUT2D eigenvalue weighted by atomic mass is 32.2. The largest absolute Gasteiger partial charge is 0.272 e. The second kappa shape index (κ2) is 7.01. The molecule has 0 spiro atoms. The predicted molar refractivity (Wildman–Crippen MR) is 101 cm³/mol. The Morgan fingerprint density at radius 2 is 1.37 bits per heavy atom. The zero-order valence-corrected chi connectivity index (χ0v) is 17.5. The molecular formula is C17H24N4O4S2. The minimum absolute atomic E-state index is 0.112. The third-order valence-corrected chi connectivity index (χ3v) is 9.01. The Balaban J connectivity index is 1.81. The third kappa shape index (κ3) is 3.54. The number of rotatable bonds is 4. The quantitative estimate of drug-likeness (QED) is 0.748. The minimum atomic E-state index is -3.69. The molecule has 1 aromatic carbocycles. The van der Waals surface area contributed by atoms with Gasteiger partial charge < -0.3 is 0 Å². The van der Waals surface area contributed by atoms with E-state index in [9.17, 15) is 16.8 Å². The lowest BCUT2D eigenvalue weighted by Crippen LogP contribution is -2.50. The van der Waals surface area contributed by atoms with Crippen LogP contribution >= 0.6 is 0 Å². The highest BCUT2D eigenvalue weighted by Gasteiger charge is 2.35. The number of benzene rings is 1. The van der Waals surface area contributed by atoms with Crippen LogP contribution in [0.4, 0.5) is 0 Å². The standard InChI is InChI=1S/C17H24N4O4S2/c1-13-5-6-14(2)16(11-13)26(22,23)20-7-9-21(10-8-20)27(24,25)17-12-18-19(4)15(17)3/h5-6,11-12H,7-10H2,1-4H3. The zero-order valence-electron chi connectivity index (χ0n) is 15.9. The Hall–Kier alpha value is -1.75. The monoisotopic (exact) mass is 412 g/mol. The topological polar surface area (TPSA) is 92.6 Å². The molecule has 1 fully saturated rings. The molecule has 3 rings (SSSR count). The highest BCUT2D eigenvalue weighted by Crippen LogP contribution is 2.25. The van der Waals surface area contributed by atoms with E-state index < -0.39 is 20.0 Å². The summed E-state index contributed by atoms with van der Waals surface area (Å²) < 4.78 is 55.9. The predicted octanol–water partition coefficient (Wildman–Crippen LogP) is 1.04. The smallest absolute Gasteiger partial charge is 0.246 e. The fourth-order valence-electron chi connectivity index (χ4n) is 3.15. The Morgan fingerprint density at radius 1 is 0.852 bits per heavy atom. The van der Waals surface area contributed by atoms with Crippen molar-refractivity contribution in [3.63, 3.8) is 0 Å². The molecule has 0 amide bonds. The number of nitrogens with zero attached hydrogens (tertiary/aromatic N) is 4. The Kier molecular flexibility index (Phi) is 5.19. The lowest BCUT2D eigenvalue weighted by molar-refractivity contribution is 0.272. The number of aromatic nitrogens is 2. The fraction of sp³-hybridized carbons (Fsp3) is 0.471. The SMILES string of the molecule is Cc1ccc(C)c(S(=O)(=O)N2CCN(S(=O)(=O)c3cnn(C)c3C)CC2)c1. The summed E-state index contributed by atoms with van der Waals surface area (Å²) in [6, 6.07) is 5.32. The maximum atomic E-state index is 13.0. The van der Waals surface area contributed by atoms with E-state index in [4.69, 9.17) is 0 Å². The van der Waals surface area contributed by atoms with Gasteiger partial charge in [-0.3, -0.25) is 4.68 Å². The molecule has 1 aliphatic rings. The Morgan fingerprint density at radius 3 is 1.85 bits per heavy atom. The van der Waals surface area contributed by atoms with Crippen LogP contribution in [-0.2, 0) is 27.1 Å². The van der Waals surface area contributed by atoms with Crippen LogP contribution in [0.15, 0.2) is 34.2 Å². The molecule has 0 aliphatic carbocycles. The first-order valence-electron chi connectivity index (χ1n) is 8.61. The number of sulfonamides is 2. The maximum Gasteiger partial charge on any atom is 0.246 e. The van der Waals surface area contributed by atoms with E-state index in [1.165, 1.54) is 19.5 Å². The van der Waals surface area contributed by atoms with Crippen molar-refractivity contribution in [3.8, 4) is 0 Å². The summed E-state index contributed by atoms with van der Waals surface area (Å²) in [5.41, 5.74) is 2.11. The number of hydrogen-bond acceptors (Lipinski definition) is 5. The van der Waals surface area contributed by atoms with Gasteiger partial charge in [0.2, 0.25) is 20.0 Å². The van der Waals surface area contributed by atoms with Crippen molar-refractivity contribution in [2.45, 2.75) is 30.6 Å². The average molecular weight is 413 g/mol. The molecule has 1 saturated heterocycles. The van der Waals surface area contributed by atoms with E-state index in [2.05, 4.69) is 5.10 Å². The van der Waals surface area contributed by atoms with Gasteiger partial charge in [-0.25, -0.2) is 16.8 Å². The van der Waals surface area contributed by atoms with Crippen molar-refractivity contribution >= 4 is 20.0 Å². The van der Waals surface area contributed by atoms with Crippen LogP contribution in [-0.4, -0.2) is 61.4 Å². The van der Waals surface area contributed by atoms with Crippen LogP contribution in [0.25, 0.3) is 0 Å². The average Bonchev–Trinajstić information content (AvgIpc) is 2.97. The lowest BCUT2D eigenvalue weighted by atomic mass is 10.2. The van der Waals surface area contributed by atoms with Gasteiger partial charge in [-0.2, -0.15) is 13.7 Å². The molecule has 0 radical (unpaired) electrons. The molecule has 0 atom stereocenters. The molecule has 27 heavy (non-hydrogen) atoms. The van der Waals surface area contributed by atoms with E-state index in [-0.39, 0.29) is 36.0 Å². The van der Waals surface area contributed by atoms with Crippen LogP contribution in [0, 0.1) is 20.8 Å². The summed E-state index contributed by atoms with van der Waals surface area (Å²) in [5.74, 6) is 0. The van der Waals surface area contributed by atoms with Gasteiger partial charge in [0.1, 0.15) is 4.90 Å². The van der Waals surface area contributed by atoms with Crippen LogP contribution in [0.1, 0.15) is 16.8 Å². The van der Waals surface area contributed by atoms with Gasteiger partial charge >= 0.3 is 0 Å². The van der Waals surface area contributed by atoms with Crippen molar-refractivity contribution in [2.75, 3.05) is 26.2 Å². The molecular weight excluding hydrogens is 388 g/mol. The highest BCUT2D eigenvalue weighted by molar-refractivity contribution is 7.89. The van der Waals surface area contributed by atoms with Gasteiger partial charge in [-0.15, -0.1) is 0 Å². The summed E-state index contributed by atoms with van der Waals surface area (Å²) >= 11 is 0. The van der Waals surface area contributed by atoms with Gasteiger partial charge in [-0.1, -0.05) is 12.1 Å². The van der Waals surface area contributed by atoms with Gasteiger partial charge in [-0.05, 0) is 38.0 Å². The van der Waals surface area contributed by atoms with Gasteiger partial charge in [0, 0.05) is 33.2 Å². The number of hydrogen-bond donors (Lipinski definition) is 0. The molecule has 0 bridgehead atoms. The van der Waals surface area contributed by atoms with Crippen molar-refractivity contribution in [3.05, 3.63) is 41.2 Å². The van der Waals surface area contributed by atoms with Gasteiger partial charge in [0.15, 0.2) is 0 Å². The number of piperazine rings is 1. The summed E-state index contributed by atoms with van der Waals surface area (Å²) in [7, 11) is -5.67. The van der Waals surface area contributed by atoms with E-state index in [0.717, 1.165) is 5.56 Å². The Labute approximate surface area is 160 Å². The summed E-state index contributed by atoms with van der Waals surface area (Å²) in [6.07, 6.45) is 1.34. The second-order valence-electron chi connectivity index (χ2n) is 6.79. The molecule has 2 aromatic rings. The van der Waals surface area contributed by atoms with Crippen LogP contribution in [0.2, 0.25) is 0 Å². The molecule has 148 valence electrons. The van der Waals surface area contributed by atoms with Crippen molar-refractivity contribution in [1.29, 1.82) is 0 Å². The molecule has 10 heteroatoms. The summed E-state index contributed by atoms with van der Waals surface area (Å²) in [6.45, 7) is 5.77. The first kappa shape index (κ1) is 20.0.